The third kappa shape index (κ3) is 4.48. The number of carbonyl (C=O) groups excluding carboxylic acids is 1. The lowest BCUT2D eigenvalue weighted by Gasteiger charge is -2.16. The summed E-state index contributed by atoms with van der Waals surface area (Å²) in [4.78, 5) is 16.7. The van der Waals surface area contributed by atoms with Crippen LogP contribution in [0.15, 0.2) is 73.1 Å². The number of benzene rings is 2. The molecule has 1 atom stereocenters. The number of aromatic nitrogens is 1. The molecule has 0 aliphatic rings. The van der Waals surface area contributed by atoms with Crippen molar-refractivity contribution in [3.05, 3.63) is 95.3 Å². The molecule has 3 rings (SSSR count). The first-order valence-electron chi connectivity index (χ1n) is 8.73. The summed E-state index contributed by atoms with van der Waals surface area (Å²) in [5, 5.41) is 6.36. The summed E-state index contributed by atoms with van der Waals surface area (Å²) >= 11 is 0. The zero-order valence-electron chi connectivity index (χ0n) is 15.1. The van der Waals surface area contributed by atoms with Crippen LogP contribution in [-0.4, -0.2) is 10.9 Å². The Bertz CT molecular complexity index is 877. The van der Waals surface area contributed by atoms with Gasteiger partial charge < -0.3 is 10.6 Å². The third-order valence-corrected chi connectivity index (χ3v) is 4.38. The second-order valence-electron chi connectivity index (χ2n) is 6.35. The SMILES string of the molecule is Cc1ccccc1CNC(=O)c1cncc(NC(C)c2ccccc2)c1. The summed E-state index contributed by atoms with van der Waals surface area (Å²) < 4.78 is 0. The van der Waals surface area contributed by atoms with Crippen molar-refractivity contribution in [3.63, 3.8) is 0 Å². The van der Waals surface area contributed by atoms with Gasteiger partial charge >= 0.3 is 0 Å². The van der Waals surface area contributed by atoms with E-state index in [4.69, 9.17) is 0 Å². The molecule has 1 aromatic heterocycles. The monoisotopic (exact) mass is 345 g/mol. The minimum atomic E-state index is -0.128. The first-order valence-corrected chi connectivity index (χ1v) is 8.73. The van der Waals surface area contributed by atoms with Crippen molar-refractivity contribution in [2.45, 2.75) is 26.4 Å². The number of carbonyl (C=O) groups is 1. The molecule has 1 unspecified atom stereocenters. The minimum Gasteiger partial charge on any atom is -0.377 e. The van der Waals surface area contributed by atoms with Gasteiger partial charge in [-0.15, -0.1) is 0 Å². The van der Waals surface area contributed by atoms with Crippen molar-refractivity contribution in [1.82, 2.24) is 10.3 Å². The summed E-state index contributed by atoms with van der Waals surface area (Å²) in [7, 11) is 0. The molecule has 0 radical (unpaired) electrons. The van der Waals surface area contributed by atoms with Gasteiger partial charge in [0, 0.05) is 25.0 Å². The molecule has 2 N–H and O–H groups in total. The smallest absolute Gasteiger partial charge is 0.253 e. The van der Waals surface area contributed by atoms with Crippen LogP contribution in [-0.2, 0) is 6.54 Å². The van der Waals surface area contributed by atoms with Crippen LogP contribution < -0.4 is 10.6 Å². The van der Waals surface area contributed by atoms with E-state index in [0.717, 1.165) is 16.8 Å². The maximum Gasteiger partial charge on any atom is 0.253 e. The molecule has 26 heavy (non-hydrogen) atoms. The molecular formula is C22H23N3O. The van der Waals surface area contributed by atoms with E-state index in [-0.39, 0.29) is 11.9 Å². The van der Waals surface area contributed by atoms with Crippen molar-refractivity contribution in [1.29, 1.82) is 0 Å². The highest BCUT2D eigenvalue weighted by Crippen LogP contribution is 2.19. The van der Waals surface area contributed by atoms with Gasteiger partial charge in [0.25, 0.3) is 5.91 Å². The lowest BCUT2D eigenvalue weighted by Crippen LogP contribution is -2.23. The van der Waals surface area contributed by atoms with Gasteiger partial charge in [-0.1, -0.05) is 54.6 Å². The fourth-order valence-electron chi connectivity index (χ4n) is 2.80. The average molecular weight is 345 g/mol. The van der Waals surface area contributed by atoms with Crippen LogP contribution >= 0.6 is 0 Å². The predicted molar refractivity (Wildman–Crippen MR) is 105 cm³/mol. The number of amides is 1. The quantitative estimate of drug-likeness (QED) is 0.692. The first kappa shape index (κ1) is 17.7. The number of hydrogen-bond donors (Lipinski definition) is 2. The molecule has 2 aromatic carbocycles. The fourth-order valence-corrected chi connectivity index (χ4v) is 2.80. The first-order chi connectivity index (χ1) is 12.6. The molecule has 0 saturated heterocycles. The summed E-state index contributed by atoms with van der Waals surface area (Å²) in [5.41, 5.74) is 4.83. The van der Waals surface area contributed by atoms with Crippen molar-refractivity contribution < 1.29 is 4.79 Å². The Balaban J connectivity index is 1.65. The molecule has 4 heteroatoms. The van der Waals surface area contributed by atoms with E-state index in [1.807, 2.05) is 55.5 Å². The summed E-state index contributed by atoms with van der Waals surface area (Å²) in [6, 6.07) is 20.2. The molecule has 0 spiro atoms. The Labute approximate surface area is 154 Å². The van der Waals surface area contributed by atoms with Crippen LogP contribution in [0.3, 0.4) is 0 Å². The minimum absolute atomic E-state index is 0.128. The van der Waals surface area contributed by atoms with Crippen LogP contribution in [0.2, 0.25) is 0 Å². The number of hydrogen-bond acceptors (Lipinski definition) is 3. The van der Waals surface area contributed by atoms with E-state index in [2.05, 4.69) is 34.7 Å². The van der Waals surface area contributed by atoms with Gasteiger partial charge in [-0.05, 0) is 36.6 Å². The zero-order valence-corrected chi connectivity index (χ0v) is 15.1. The molecular weight excluding hydrogens is 322 g/mol. The summed E-state index contributed by atoms with van der Waals surface area (Å²) in [5.74, 6) is -0.128. The Kier molecular flexibility index (Phi) is 5.64. The van der Waals surface area contributed by atoms with E-state index >= 15 is 0 Å². The number of aryl methyl sites for hydroxylation is 1. The van der Waals surface area contributed by atoms with Crippen LogP contribution in [0, 0.1) is 6.92 Å². The fraction of sp³-hybridized carbons (Fsp3) is 0.182. The predicted octanol–water partition coefficient (Wildman–Crippen LogP) is 4.49. The van der Waals surface area contributed by atoms with Gasteiger partial charge in [-0.2, -0.15) is 0 Å². The second kappa shape index (κ2) is 8.30. The lowest BCUT2D eigenvalue weighted by molar-refractivity contribution is 0.0950. The molecule has 0 aliphatic carbocycles. The van der Waals surface area contributed by atoms with Crippen molar-refractivity contribution >= 4 is 11.6 Å². The van der Waals surface area contributed by atoms with E-state index in [1.54, 1.807) is 12.4 Å². The molecule has 4 nitrogen and oxygen atoms in total. The van der Waals surface area contributed by atoms with E-state index in [9.17, 15) is 4.79 Å². The van der Waals surface area contributed by atoms with Gasteiger partial charge in [0.1, 0.15) is 0 Å². The van der Waals surface area contributed by atoms with E-state index in [1.165, 1.54) is 5.56 Å². The normalized spacial score (nSPS) is 11.6. The van der Waals surface area contributed by atoms with Crippen molar-refractivity contribution in [2.75, 3.05) is 5.32 Å². The van der Waals surface area contributed by atoms with Crippen LogP contribution in [0.5, 0.6) is 0 Å². The highest BCUT2D eigenvalue weighted by Gasteiger charge is 2.10. The second-order valence-corrected chi connectivity index (χ2v) is 6.35. The molecule has 0 saturated carbocycles. The molecule has 0 bridgehead atoms. The van der Waals surface area contributed by atoms with E-state index in [0.29, 0.717) is 12.1 Å². The van der Waals surface area contributed by atoms with Crippen LogP contribution in [0.25, 0.3) is 0 Å². The van der Waals surface area contributed by atoms with Gasteiger partial charge in [0.15, 0.2) is 0 Å². The van der Waals surface area contributed by atoms with Crippen LogP contribution in [0.1, 0.15) is 40.0 Å². The zero-order chi connectivity index (χ0) is 18.4. The van der Waals surface area contributed by atoms with Crippen LogP contribution in [0.4, 0.5) is 5.69 Å². The molecule has 0 aliphatic heterocycles. The summed E-state index contributed by atoms with van der Waals surface area (Å²) in [6.07, 6.45) is 3.32. The Morgan fingerprint density at radius 3 is 2.54 bits per heavy atom. The highest BCUT2D eigenvalue weighted by atomic mass is 16.1. The van der Waals surface area contributed by atoms with Crippen molar-refractivity contribution in [2.24, 2.45) is 0 Å². The van der Waals surface area contributed by atoms with Gasteiger partial charge in [-0.3, -0.25) is 9.78 Å². The largest absolute Gasteiger partial charge is 0.377 e. The van der Waals surface area contributed by atoms with Gasteiger partial charge in [-0.25, -0.2) is 0 Å². The van der Waals surface area contributed by atoms with Gasteiger partial charge in [0.05, 0.1) is 11.3 Å². The number of rotatable bonds is 6. The topological polar surface area (TPSA) is 54.0 Å². The molecule has 1 heterocycles. The maximum absolute atomic E-state index is 12.5. The lowest BCUT2D eigenvalue weighted by atomic mass is 10.1. The Hall–Kier alpha value is -3.14. The molecule has 3 aromatic rings. The highest BCUT2D eigenvalue weighted by molar-refractivity contribution is 5.94. The maximum atomic E-state index is 12.5. The Morgan fingerprint density at radius 2 is 1.77 bits per heavy atom. The number of nitrogens with one attached hydrogen (secondary N) is 2. The average Bonchev–Trinajstić information content (AvgIpc) is 2.68. The Morgan fingerprint density at radius 1 is 1.04 bits per heavy atom. The number of pyridine rings is 1. The molecule has 132 valence electrons. The van der Waals surface area contributed by atoms with Gasteiger partial charge in [0.2, 0.25) is 0 Å². The number of nitrogens with zero attached hydrogens (tertiary/aromatic N) is 1. The van der Waals surface area contributed by atoms with Crippen molar-refractivity contribution in [3.8, 4) is 0 Å². The number of anilines is 1. The standard InChI is InChI=1S/C22H23N3O/c1-16-8-6-7-11-19(16)14-24-22(26)20-12-21(15-23-13-20)25-17(2)18-9-4-3-5-10-18/h3-13,15,17,25H,14H2,1-2H3,(H,24,26). The third-order valence-electron chi connectivity index (χ3n) is 4.38. The summed E-state index contributed by atoms with van der Waals surface area (Å²) in [6.45, 7) is 4.63. The molecule has 0 fully saturated rings. The molecule has 1 amide bonds. The van der Waals surface area contributed by atoms with E-state index < -0.39 is 0 Å².